The molecule has 1 aromatic heterocycles. The zero-order chi connectivity index (χ0) is 15.0. The molecule has 2 aromatic rings. The number of carbonyl (C=O) groups is 2. The molecule has 0 radical (unpaired) electrons. The molecule has 8 heteroatoms. The number of hydrogen-bond donors (Lipinski definition) is 2. The van der Waals surface area contributed by atoms with Crippen LogP contribution >= 0.6 is 23.1 Å². The molecular weight excluding hydrogens is 308 g/mol. The molecule has 3 rings (SSSR count). The molecule has 1 aliphatic rings. The van der Waals surface area contributed by atoms with Gasteiger partial charge in [-0.1, -0.05) is 35.2 Å². The molecule has 0 fully saturated rings. The molecule has 0 unspecified atom stereocenters. The van der Waals surface area contributed by atoms with E-state index in [0.717, 1.165) is 15.6 Å². The largest absolute Gasteiger partial charge is 0.323 e. The number of anilines is 2. The maximum Gasteiger partial charge on any atom is 0.252 e. The van der Waals surface area contributed by atoms with Crippen molar-refractivity contribution in [2.24, 2.45) is 0 Å². The first-order valence-corrected chi connectivity index (χ1v) is 7.83. The average Bonchev–Trinajstić information content (AvgIpc) is 2.85. The standard InChI is InChI=1S/C13H12N4O2S2/c1-7-16-17-12(20-7)15-11(19)13(2)10(18)14-8-5-3-4-6-9(8)21-13/h3-6H,1-2H3,(H,14,18)(H,15,17,19)/t13-/m0/s1. The van der Waals surface area contributed by atoms with Gasteiger partial charge >= 0.3 is 0 Å². The molecular formula is C13H12N4O2S2. The van der Waals surface area contributed by atoms with Crippen molar-refractivity contribution < 1.29 is 9.59 Å². The lowest BCUT2D eigenvalue weighted by molar-refractivity contribution is -0.126. The van der Waals surface area contributed by atoms with Gasteiger partial charge in [0, 0.05) is 4.90 Å². The molecule has 21 heavy (non-hydrogen) atoms. The lowest BCUT2D eigenvalue weighted by Crippen LogP contribution is -2.49. The number of fused-ring (bicyclic) bond motifs is 1. The molecule has 0 aliphatic carbocycles. The molecule has 0 saturated heterocycles. The third kappa shape index (κ3) is 2.52. The van der Waals surface area contributed by atoms with Gasteiger partial charge in [0.05, 0.1) is 5.69 Å². The second-order valence-electron chi connectivity index (χ2n) is 4.67. The predicted octanol–water partition coefficient (Wildman–Crippen LogP) is 2.29. The van der Waals surface area contributed by atoms with Gasteiger partial charge in [0.1, 0.15) is 5.01 Å². The highest BCUT2D eigenvalue weighted by Gasteiger charge is 2.46. The molecule has 0 bridgehead atoms. The molecule has 2 N–H and O–H groups in total. The summed E-state index contributed by atoms with van der Waals surface area (Å²) in [6.45, 7) is 3.40. The van der Waals surface area contributed by atoms with Crippen LogP contribution in [-0.2, 0) is 9.59 Å². The molecule has 1 aromatic carbocycles. The SMILES string of the molecule is Cc1nnc(NC(=O)[C@@]2(C)Sc3ccccc3NC2=O)s1. The van der Waals surface area contributed by atoms with E-state index in [1.807, 2.05) is 24.3 Å². The summed E-state index contributed by atoms with van der Waals surface area (Å²) in [7, 11) is 0. The van der Waals surface area contributed by atoms with E-state index in [0.29, 0.717) is 5.13 Å². The first-order valence-electron chi connectivity index (χ1n) is 6.20. The first-order chi connectivity index (χ1) is 9.99. The molecule has 0 spiro atoms. The average molecular weight is 320 g/mol. The molecule has 1 aliphatic heterocycles. The van der Waals surface area contributed by atoms with Gasteiger partial charge < -0.3 is 5.32 Å². The summed E-state index contributed by atoms with van der Waals surface area (Å²) in [5.74, 6) is -0.749. The summed E-state index contributed by atoms with van der Waals surface area (Å²) in [5, 5.41) is 14.3. The topological polar surface area (TPSA) is 84.0 Å². The van der Waals surface area contributed by atoms with E-state index in [4.69, 9.17) is 0 Å². The smallest absolute Gasteiger partial charge is 0.252 e. The Balaban J connectivity index is 1.86. The lowest BCUT2D eigenvalue weighted by atomic mass is 10.1. The van der Waals surface area contributed by atoms with Crippen LogP contribution in [0.3, 0.4) is 0 Å². The number of amides is 2. The summed E-state index contributed by atoms with van der Waals surface area (Å²) in [4.78, 5) is 25.6. The van der Waals surface area contributed by atoms with Crippen LogP contribution in [0.15, 0.2) is 29.2 Å². The third-order valence-corrected chi connectivity index (χ3v) is 5.17. The van der Waals surface area contributed by atoms with Crippen LogP contribution in [0.1, 0.15) is 11.9 Å². The number of aromatic nitrogens is 2. The second kappa shape index (κ2) is 5.12. The molecule has 6 nitrogen and oxygen atoms in total. The van der Waals surface area contributed by atoms with Gasteiger partial charge in [-0.15, -0.1) is 10.2 Å². The van der Waals surface area contributed by atoms with Crippen molar-refractivity contribution in [3.8, 4) is 0 Å². The fraction of sp³-hybridized carbons (Fsp3) is 0.231. The number of para-hydroxylation sites is 1. The van der Waals surface area contributed by atoms with Gasteiger partial charge in [-0.25, -0.2) is 0 Å². The van der Waals surface area contributed by atoms with Gasteiger partial charge in [0.15, 0.2) is 4.75 Å². The van der Waals surface area contributed by atoms with Gasteiger partial charge in [-0.2, -0.15) is 0 Å². The minimum atomic E-state index is -1.24. The molecule has 2 amide bonds. The lowest BCUT2D eigenvalue weighted by Gasteiger charge is -2.31. The van der Waals surface area contributed by atoms with Crippen molar-refractivity contribution >= 4 is 45.7 Å². The fourth-order valence-corrected chi connectivity index (χ4v) is 3.57. The van der Waals surface area contributed by atoms with Crippen molar-refractivity contribution in [2.75, 3.05) is 10.6 Å². The van der Waals surface area contributed by atoms with Crippen LogP contribution in [0.5, 0.6) is 0 Å². The highest BCUT2D eigenvalue weighted by atomic mass is 32.2. The quantitative estimate of drug-likeness (QED) is 0.829. The Morgan fingerprint density at radius 2 is 2.10 bits per heavy atom. The summed E-state index contributed by atoms with van der Waals surface area (Å²) in [6.07, 6.45) is 0. The Morgan fingerprint density at radius 3 is 2.81 bits per heavy atom. The van der Waals surface area contributed by atoms with E-state index >= 15 is 0 Å². The van der Waals surface area contributed by atoms with E-state index in [9.17, 15) is 9.59 Å². The summed E-state index contributed by atoms with van der Waals surface area (Å²) >= 11 is 2.50. The normalized spacial score (nSPS) is 20.6. The maximum atomic E-state index is 12.5. The monoisotopic (exact) mass is 320 g/mol. The van der Waals surface area contributed by atoms with Gasteiger partial charge in [0.25, 0.3) is 5.91 Å². The number of nitrogens with one attached hydrogen (secondary N) is 2. The second-order valence-corrected chi connectivity index (χ2v) is 7.31. The van der Waals surface area contributed by atoms with E-state index in [-0.39, 0.29) is 5.91 Å². The summed E-state index contributed by atoms with van der Waals surface area (Å²) < 4.78 is -1.24. The van der Waals surface area contributed by atoms with Crippen molar-refractivity contribution in [2.45, 2.75) is 23.5 Å². The van der Waals surface area contributed by atoms with Crippen molar-refractivity contribution in [1.29, 1.82) is 0 Å². The number of hydrogen-bond acceptors (Lipinski definition) is 6. The van der Waals surface area contributed by atoms with E-state index < -0.39 is 10.7 Å². The number of thioether (sulfide) groups is 1. The van der Waals surface area contributed by atoms with Gasteiger partial charge in [-0.05, 0) is 26.0 Å². The Morgan fingerprint density at radius 1 is 1.33 bits per heavy atom. The number of aryl methyl sites for hydroxylation is 1. The van der Waals surface area contributed by atoms with E-state index in [1.165, 1.54) is 23.1 Å². The zero-order valence-corrected chi connectivity index (χ0v) is 13.0. The Hall–Kier alpha value is -1.93. The number of carbonyl (C=O) groups excluding carboxylic acids is 2. The first kappa shape index (κ1) is 14.0. The third-order valence-electron chi connectivity index (χ3n) is 3.06. The van der Waals surface area contributed by atoms with Crippen LogP contribution in [-0.4, -0.2) is 26.8 Å². The number of nitrogens with zero attached hydrogens (tertiary/aromatic N) is 2. The molecule has 2 heterocycles. The van der Waals surface area contributed by atoms with Crippen molar-refractivity contribution in [3.63, 3.8) is 0 Å². The van der Waals surface area contributed by atoms with Crippen LogP contribution in [0.4, 0.5) is 10.8 Å². The summed E-state index contributed by atoms with van der Waals surface area (Å²) in [6, 6.07) is 7.40. The highest BCUT2D eigenvalue weighted by molar-refractivity contribution is 8.02. The molecule has 0 saturated carbocycles. The fourth-order valence-electron chi connectivity index (χ4n) is 1.88. The van der Waals surface area contributed by atoms with E-state index in [2.05, 4.69) is 20.8 Å². The predicted molar refractivity (Wildman–Crippen MR) is 82.6 cm³/mol. The van der Waals surface area contributed by atoms with Crippen LogP contribution < -0.4 is 10.6 Å². The van der Waals surface area contributed by atoms with Crippen molar-refractivity contribution in [1.82, 2.24) is 10.2 Å². The Kier molecular flexibility index (Phi) is 3.42. The van der Waals surface area contributed by atoms with Gasteiger partial charge in [-0.3, -0.25) is 14.9 Å². The van der Waals surface area contributed by atoms with Gasteiger partial charge in [0.2, 0.25) is 11.0 Å². The Labute approximate surface area is 129 Å². The molecule has 1 atom stereocenters. The zero-order valence-electron chi connectivity index (χ0n) is 11.3. The number of benzene rings is 1. The van der Waals surface area contributed by atoms with E-state index in [1.54, 1.807) is 13.8 Å². The van der Waals surface area contributed by atoms with Crippen molar-refractivity contribution in [3.05, 3.63) is 29.3 Å². The van der Waals surface area contributed by atoms with Crippen LogP contribution in [0, 0.1) is 6.92 Å². The summed E-state index contributed by atoms with van der Waals surface area (Å²) in [5.41, 5.74) is 0.726. The highest BCUT2D eigenvalue weighted by Crippen LogP contribution is 2.42. The van der Waals surface area contributed by atoms with Crippen LogP contribution in [0.2, 0.25) is 0 Å². The molecule has 108 valence electrons. The maximum absolute atomic E-state index is 12.5. The minimum Gasteiger partial charge on any atom is -0.323 e. The number of rotatable bonds is 2. The Bertz CT molecular complexity index is 730. The van der Waals surface area contributed by atoms with Crippen LogP contribution in [0.25, 0.3) is 0 Å². The minimum absolute atomic E-state index is 0.343.